The van der Waals surface area contributed by atoms with E-state index >= 15 is 0 Å². The van der Waals surface area contributed by atoms with Crippen LogP contribution in [-0.2, 0) is 0 Å². The summed E-state index contributed by atoms with van der Waals surface area (Å²) in [5.41, 5.74) is 1.40. The van der Waals surface area contributed by atoms with Gasteiger partial charge in [-0.05, 0) is 30.7 Å². The number of thiazole rings is 1. The Morgan fingerprint density at radius 1 is 1.33 bits per heavy atom. The maximum atomic E-state index is 4.52. The molecule has 2 aromatic rings. The topological polar surface area (TPSA) is 24.9 Å². The highest BCUT2D eigenvalue weighted by atomic mass is 79.9. The van der Waals surface area contributed by atoms with Crippen molar-refractivity contribution in [1.82, 2.24) is 10.3 Å². The molecule has 1 N–H and O–H groups in total. The van der Waals surface area contributed by atoms with Gasteiger partial charge in [0.15, 0.2) is 0 Å². The third-order valence-corrected chi connectivity index (χ3v) is 4.93. The molecule has 1 aromatic carbocycles. The number of hydrogen-bond donors (Lipinski definition) is 1. The third kappa shape index (κ3) is 2.51. The summed E-state index contributed by atoms with van der Waals surface area (Å²) >= 11 is 5.35. The number of nitrogens with one attached hydrogen (secondary N) is 1. The Balaban J connectivity index is 1.93. The van der Waals surface area contributed by atoms with Gasteiger partial charge in [0, 0.05) is 34.4 Å². The monoisotopic (exact) mass is 322 g/mol. The van der Waals surface area contributed by atoms with Gasteiger partial charge in [0.05, 0.1) is 5.01 Å². The van der Waals surface area contributed by atoms with E-state index in [1.54, 1.807) is 11.3 Å². The summed E-state index contributed by atoms with van der Waals surface area (Å²) in [5.74, 6) is 1.09. The zero-order chi connectivity index (χ0) is 12.4. The van der Waals surface area contributed by atoms with Crippen molar-refractivity contribution >= 4 is 27.3 Å². The van der Waals surface area contributed by atoms with Crippen LogP contribution in [0.25, 0.3) is 0 Å². The van der Waals surface area contributed by atoms with Crippen LogP contribution in [0.15, 0.2) is 40.3 Å². The molecular weight excluding hydrogens is 308 g/mol. The predicted molar refractivity (Wildman–Crippen MR) is 79.2 cm³/mol. The normalized spacial score (nSPS) is 24.1. The molecule has 94 valence electrons. The molecule has 1 saturated heterocycles. The van der Waals surface area contributed by atoms with Crippen molar-refractivity contribution in [2.24, 2.45) is 0 Å². The van der Waals surface area contributed by atoms with Crippen LogP contribution in [0, 0.1) is 0 Å². The highest BCUT2D eigenvalue weighted by molar-refractivity contribution is 9.10. The van der Waals surface area contributed by atoms with Crippen LogP contribution in [0.5, 0.6) is 0 Å². The SMILES string of the molecule is Brc1cccc(C2CNCCC2c2nccs2)c1. The molecule has 1 fully saturated rings. The highest BCUT2D eigenvalue weighted by Crippen LogP contribution is 2.38. The largest absolute Gasteiger partial charge is 0.316 e. The van der Waals surface area contributed by atoms with Gasteiger partial charge in [-0.2, -0.15) is 0 Å². The fraction of sp³-hybridized carbons (Fsp3) is 0.357. The van der Waals surface area contributed by atoms with Crippen LogP contribution in [0.1, 0.15) is 28.8 Å². The molecule has 1 aliphatic rings. The molecule has 18 heavy (non-hydrogen) atoms. The van der Waals surface area contributed by atoms with Crippen molar-refractivity contribution in [2.45, 2.75) is 18.3 Å². The predicted octanol–water partition coefficient (Wildman–Crippen LogP) is 3.77. The van der Waals surface area contributed by atoms with Crippen LogP contribution in [0.4, 0.5) is 0 Å². The molecule has 4 heteroatoms. The first-order valence-electron chi connectivity index (χ1n) is 6.20. The number of hydrogen-bond acceptors (Lipinski definition) is 3. The average molecular weight is 323 g/mol. The van der Waals surface area contributed by atoms with Crippen molar-refractivity contribution in [2.75, 3.05) is 13.1 Å². The third-order valence-electron chi connectivity index (χ3n) is 3.53. The first-order valence-corrected chi connectivity index (χ1v) is 7.87. The van der Waals surface area contributed by atoms with Crippen LogP contribution < -0.4 is 5.32 Å². The minimum absolute atomic E-state index is 0.530. The van der Waals surface area contributed by atoms with Gasteiger partial charge in [-0.1, -0.05) is 28.1 Å². The van der Waals surface area contributed by atoms with Gasteiger partial charge in [0.2, 0.25) is 0 Å². The van der Waals surface area contributed by atoms with E-state index in [0.717, 1.165) is 17.6 Å². The summed E-state index contributed by atoms with van der Waals surface area (Å²) in [7, 11) is 0. The van der Waals surface area contributed by atoms with Crippen LogP contribution in [0.3, 0.4) is 0 Å². The molecule has 0 amide bonds. The maximum absolute atomic E-state index is 4.52. The molecule has 2 heterocycles. The highest BCUT2D eigenvalue weighted by Gasteiger charge is 2.29. The molecule has 0 saturated carbocycles. The van der Waals surface area contributed by atoms with Gasteiger partial charge in [-0.15, -0.1) is 11.3 Å². The minimum atomic E-state index is 0.530. The summed E-state index contributed by atoms with van der Waals surface area (Å²) in [4.78, 5) is 4.52. The van der Waals surface area contributed by atoms with Crippen molar-refractivity contribution in [3.8, 4) is 0 Å². The lowest BCUT2D eigenvalue weighted by Gasteiger charge is -2.31. The average Bonchev–Trinajstić information content (AvgIpc) is 2.92. The van der Waals surface area contributed by atoms with Crippen LogP contribution in [0.2, 0.25) is 0 Å². The van der Waals surface area contributed by atoms with E-state index in [4.69, 9.17) is 0 Å². The van der Waals surface area contributed by atoms with Gasteiger partial charge in [0.25, 0.3) is 0 Å². The Kier molecular flexibility index (Phi) is 3.77. The quantitative estimate of drug-likeness (QED) is 0.910. The number of nitrogens with zero attached hydrogens (tertiary/aromatic N) is 1. The summed E-state index contributed by atoms with van der Waals surface area (Å²) in [6.45, 7) is 2.13. The Morgan fingerprint density at radius 2 is 2.28 bits per heavy atom. The van der Waals surface area contributed by atoms with Crippen molar-refractivity contribution in [3.05, 3.63) is 50.9 Å². The molecule has 1 aliphatic heterocycles. The number of piperidine rings is 1. The van der Waals surface area contributed by atoms with E-state index in [2.05, 4.69) is 55.9 Å². The smallest absolute Gasteiger partial charge is 0.0962 e. The van der Waals surface area contributed by atoms with Gasteiger partial charge >= 0.3 is 0 Å². The van der Waals surface area contributed by atoms with Crippen LogP contribution in [-0.4, -0.2) is 18.1 Å². The molecule has 0 spiro atoms. The number of benzene rings is 1. The molecule has 0 radical (unpaired) electrons. The number of halogens is 1. The van der Waals surface area contributed by atoms with E-state index < -0.39 is 0 Å². The zero-order valence-corrected chi connectivity index (χ0v) is 12.4. The molecule has 0 bridgehead atoms. The Hall–Kier alpha value is -0.710. The fourth-order valence-electron chi connectivity index (χ4n) is 2.66. The summed E-state index contributed by atoms with van der Waals surface area (Å²) in [6, 6.07) is 8.66. The molecular formula is C14H15BrN2S. The number of rotatable bonds is 2. The summed E-state index contributed by atoms with van der Waals surface area (Å²) in [6.07, 6.45) is 3.09. The van der Waals surface area contributed by atoms with Crippen molar-refractivity contribution in [1.29, 1.82) is 0 Å². The second-order valence-corrected chi connectivity index (χ2v) is 6.47. The molecule has 3 rings (SSSR count). The van der Waals surface area contributed by atoms with E-state index in [0.29, 0.717) is 11.8 Å². The molecule has 2 unspecified atom stereocenters. The van der Waals surface area contributed by atoms with Crippen molar-refractivity contribution in [3.63, 3.8) is 0 Å². The lowest BCUT2D eigenvalue weighted by molar-refractivity contribution is 0.403. The fourth-order valence-corrected chi connectivity index (χ4v) is 3.92. The molecule has 2 nitrogen and oxygen atoms in total. The Labute approximate surface area is 120 Å². The molecule has 2 atom stereocenters. The van der Waals surface area contributed by atoms with Gasteiger partial charge < -0.3 is 5.32 Å². The molecule has 0 aliphatic carbocycles. The molecule has 1 aromatic heterocycles. The first-order chi connectivity index (χ1) is 8.84. The van der Waals surface area contributed by atoms with Gasteiger partial charge in [0.1, 0.15) is 0 Å². The Bertz CT molecular complexity index is 512. The van der Waals surface area contributed by atoms with E-state index in [1.165, 1.54) is 17.0 Å². The van der Waals surface area contributed by atoms with E-state index in [-0.39, 0.29) is 0 Å². The lowest BCUT2D eigenvalue weighted by atomic mass is 9.82. The zero-order valence-electron chi connectivity index (χ0n) is 9.97. The number of aromatic nitrogens is 1. The summed E-state index contributed by atoms with van der Waals surface area (Å²) < 4.78 is 1.16. The standard InChI is InChI=1S/C14H15BrN2S/c15-11-3-1-2-10(8-11)13-9-16-5-4-12(13)14-17-6-7-18-14/h1-3,6-8,12-13,16H,4-5,9H2. The van der Waals surface area contributed by atoms with Gasteiger partial charge in [-0.3, -0.25) is 0 Å². The van der Waals surface area contributed by atoms with Crippen molar-refractivity contribution < 1.29 is 0 Å². The Morgan fingerprint density at radius 3 is 3.06 bits per heavy atom. The minimum Gasteiger partial charge on any atom is -0.316 e. The van der Waals surface area contributed by atoms with Gasteiger partial charge in [-0.25, -0.2) is 4.98 Å². The first kappa shape index (κ1) is 12.3. The summed E-state index contributed by atoms with van der Waals surface area (Å²) in [5, 5.41) is 6.86. The van der Waals surface area contributed by atoms with Crippen LogP contribution >= 0.6 is 27.3 Å². The lowest BCUT2D eigenvalue weighted by Crippen LogP contribution is -2.33. The maximum Gasteiger partial charge on any atom is 0.0962 e. The van der Waals surface area contributed by atoms with E-state index in [1.807, 2.05) is 6.20 Å². The second kappa shape index (κ2) is 5.51. The second-order valence-electron chi connectivity index (χ2n) is 4.63. The van der Waals surface area contributed by atoms with E-state index in [9.17, 15) is 0 Å².